The number of hydrogen-bond donors (Lipinski definition) is 2. The summed E-state index contributed by atoms with van der Waals surface area (Å²) in [6.07, 6.45) is -0.270. The maximum absolute atomic E-state index is 12.5. The Labute approximate surface area is 156 Å². The Balaban J connectivity index is 2.31. The highest BCUT2D eigenvalue weighted by molar-refractivity contribution is 6.31. The number of aryl methyl sites for hydroxylation is 1. The molecule has 2 aromatic rings. The first-order valence-electron chi connectivity index (χ1n) is 7.86. The van der Waals surface area contributed by atoms with Gasteiger partial charge < -0.3 is 19.9 Å². The van der Waals surface area contributed by atoms with Crippen LogP contribution >= 0.6 is 11.6 Å². The van der Waals surface area contributed by atoms with Crippen molar-refractivity contribution >= 4 is 23.5 Å². The molecule has 6 nitrogen and oxygen atoms in total. The highest BCUT2D eigenvalue weighted by Gasteiger charge is 2.21. The molecule has 0 spiro atoms. The summed E-state index contributed by atoms with van der Waals surface area (Å²) in [4.78, 5) is 23.8. The van der Waals surface area contributed by atoms with Gasteiger partial charge in [0.2, 0.25) is 0 Å². The zero-order valence-corrected chi connectivity index (χ0v) is 15.5. The number of rotatable bonds is 7. The smallest absolute Gasteiger partial charge is 0.305 e. The molecule has 7 heteroatoms. The van der Waals surface area contributed by atoms with Gasteiger partial charge in [0.15, 0.2) is 11.5 Å². The van der Waals surface area contributed by atoms with Gasteiger partial charge in [0.25, 0.3) is 5.91 Å². The van der Waals surface area contributed by atoms with Crippen LogP contribution in [0.2, 0.25) is 5.02 Å². The van der Waals surface area contributed by atoms with Crippen LogP contribution in [0.4, 0.5) is 0 Å². The van der Waals surface area contributed by atoms with Crippen LogP contribution in [-0.4, -0.2) is 31.2 Å². The Kier molecular flexibility index (Phi) is 6.46. The van der Waals surface area contributed by atoms with Crippen LogP contribution in [0.1, 0.15) is 33.9 Å². The van der Waals surface area contributed by atoms with Gasteiger partial charge in [-0.05, 0) is 48.4 Å². The van der Waals surface area contributed by atoms with Crippen LogP contribution in [0.5, 0.6) is 11.5 Å². The summed E-state index contributed by atoms with van der Waals surface area (Å²) < 4.78 is 10.4. The van der Waals surface area contributed by atoms with E-state index >= 15 is 0 Å². The van der Waals surface area contributed by atoms with E-state index in [1.165, 1.54) is 14.2 Å². The van der Waals surface area contributed by atoms with Crippen LogP contribution in [-0.2, 0) is 4.79 Å². The van der Waals surface area contributed by atoms with E-state index in [4.69, 9.17) is 21.1 Å². The number of aliphatic carboxylic acids is 1. The highest BCUT2D eigenvalue weighted by Crippen LogP contribution is 2.31. The maximum Gasteiger partial charge on any atom is 0.305 e. The molecule has 0 heterocycles. The minimum Gasteiger partial charge on any atom is -0.493 e. The van der Waals surface area contributed by atoms with Crippen molar-refractivity contribution in [3.63, 3.8) is 0 Å². The van der Waals surface area contributed by atoms with Gasteiger partial charge in [0.1, 0.15) is 0 Å². The molecule has 2 aromatic carbocycles. The first-order valence-corrected chi connectivity index (χ1v) is 8.24. The molecule has 0 saturated carbocycles. The van der Waals surface area contributed by atoms with Crippen LogP contribution < -0.4 is 14.8 Å². The number of ether oxygens (including phenoxy) is 2. The van der Waals surface area contributed by atoms with E-state index in [-0.39, 0.29) is 12.3 Å². The number of carboxylic acids is 1. The topological polar surface area (TPSA) is 84.9 Å². The highest BCUT2D eigenvalue weighted by atomic mass is 35.5. The van der Waals surface area contributed by atoms with Crippen LogP contribution in [0.15, 0.2) is 36.4 Å². The van der Waals surface area contributed by atoms with Gasteiger partial charge >= 0.3 is 5.97 Å². The van der Waals surface area contributed by atoms with Crippen molar-refractivity contribution in [3.05, 3.63) is 58.1 Å². The van der Waals surface area contributed by atoms with Gasteiger partial charge in [-0.1, -0.05) is 17.7 Å². The fraction of sp³-hybridized carbons (Fsp3) is 0.263. The number of benzene rings is 2. The maximum atomic E-state index is 12.5. The second-order valence-corrected chi connectivity index (χ2v) is 6.11. The first-order chi connectivity index (χ1) is 12.3. The monoisotopic (exact) mass is 377 g/mol. The van der Waals surface area contributed by atoms with E-state index in [9.17, 15) is 14.7 Å². The third-order valence-electron chi connectivity index (χ3n) is 3.91. The molecular formula is C19H20ClNO5. The van der Waals surface area contributed by atoms with Crippen LogP contribution in [0, 0.1) is 6.92 Å². The SMILES string of the molecule is COc1ccc(C(CC(=O)O)NC(=O)c2ccc(Cl)c(C)c2)cc1OC. The molecule has 138 valence electrons. The molecule has 2 N–H and O–H groups in total. The van der Waals surface area contributed by atoms with Crippen molar-refractivity contribution in [2.24, 2.45) is 0 Å². The summed E-state index contributed by atoms with van der Waals surface area (Å²) in [5.41, 5.74) is 1.77. The summed E-state index contributed by atoms with van der Waals surface area (Å²) in [7, 11) is 3.00. The minimum atomic E-state index is -1.03. The van der Waals surface area contributed by atoms with Gasteiger partial charge in [0.05, 0.1) is 26.7 Å². The predicted molar refractivity (Wildman–Crippen MR) is 98.2 cm³/mol. The number of carboxylic acid groups (broad SMARTS) is 1. The molecule has 0 aliphatic heterocycles. The number of methoxy groups -OCH3 is 2. The van der Waals surface area contributed by atoms with E-state index in [0.717, 1.165) is 5.56 Å². The van der Waals surface area contributed by atoms with Crippen molar-refractivity contribution in [2.75, 3.05) is 14.2 Å². The second kappa shape index (κ2) is 8.58. The average Bonchev–Trinajstić information content (AvgIpc) is 2.62. The molecular weight excluding hydrogens is 358 g/mol. The lowest BCUT2D eigenvalue weighted by molar-refractivity contribution is -0.137. The Hall–Kier alpha value is -2.73. The fourth-order valence-corrected chi connectivity index (χ4v) is 2.64. The molecule has 1 atom stereocenters. The first kappa shape index (κ1) is 19.6. The third-order valence-corrected chi connectivity index (χ3v) is 4.34. The number of nitrogens with one attached hydrogen (secondary N) is 1. The normalized spacial score (nSPS) is 11.5. The molecule has 0 fully saturated rings. The van der Waals surface area contributed by atoms with E-state index in [1.54, 1.807) is 43.3 Å². The summed E-state index contributed by atoms with van der Waals surface area (Å²) in [6.45, 7) is 1.79. The van der Waals surface area contributed by atoms with Gasteiger partial charge in [-0.2, -0.15) is 0 Å². The molecule has 1 amide bonds. The molecule has 0 aromatic heterocycles. The van der Waals surface area contributed by atoms with Gasteiger partial charge in [-0.3, -0.25) is 9.59 Å². The van der Waals surface area contributed by atoms with E-state index in [0.29, 0.717) is 27.6 Å². The lowest BCUT2D eigenvalue weighted by Gasteiger charge is -2.19. The summed E-state index contributed by atoms with van der Waals surface area (Å²) in [6, 6.07) is 9.18. The van der Waals surface area contributed by atoms with Gasteiger partial charge in [0, 0.05) is 10.6 Å². The number of halogens is 1. The summed E-state index contributed by atoms with van der Waals surface area (Å²) >= 11 is 5.98. The van der Waals surface area contributed by atoms with E-state index in [1.807, 2.05) is 0 Å². The lowest BCUT2D eigenvalue weighted by atomic mass is 10.0. The summed E-state index contributed by atoms with van der Waals surface area (Å²) in [5, 5.41) is 12.5. The Morgan fingerprint density at radius 3 is 2.38 bits per heavy atom. The molecule has 0 aliphatic carbocycles. The molecule has 2 rings (SSSR count). The largest absolute Gasteiger partial charge is 0.493 e. The molecule has 0 radical (unpaired) electrons. The molecule has 0 saturated heterocycles. The van der Waals surface area contributed by atoms with Crippen molar-refractivity contribution in [3.8, 4) is 11.5 Å². The van der Waals surface area contributed by atoms with Crippen molar-refractivity contribution in [2.45, 2.75) is 19.4 Å². The predicted octanol–water partition coefficient (Wildman–Crippen LogP) is 3.61. The van der Waals surface area contributed by atoms with Crippen molar-refractivity contribution < 1.29 is 24.2 Å². The Morgan fingerprint density at radius 1 is 1.12 bits per heavy atom. The second-order valence-electron chi connectivity index (χ2n) is 5.70. The van der Waals surface area contributed by atoms with Crippen molar-refractivity contribution in [1.82, 2.24) is 5.32 Å². The number of amides is 1. The minimum absolute atomic E-state index is 0.270. The Bertz CT molecular complexity index is 822. The van der Waals surface area contributed by atoms with Crippen LogP contribution in [0.25, 0.3) is 0 Å². The molecule has 1 unspecified atom stereocenters. The fourth-order valence-electron chi connectivity index (χ4n) is 2.52. The Morgan fingerprint density at radius 2 is 1.81 bits per heavy atom. The zero-order valence-electron chi connectivity index (χ0n) is 14.7. The lowest BCUT2D eigenvalue weighted by Crippen LogP contribution is -2.30. The van der Waals surface area contributed by atoms with Crippen LogP contribution in [0.3, 0.4) is 0 Å². The molecule has 26 heavy (non-hydrogen) atoms. The summed E-state index contributed by atoms with van der Waals surface area (Å²) in [5.74, 6) is -0.440. The standard InChI is InChI=1S/C19H20ClNO5/c1-11-8-13(4-6-14(11)20)19(24)21-15(10-18(22)23)12-5-7-16(25-2)17(9-12)26-3/h4-9,15H,10H2,1-3H3,(H,21,24)(H,22,23). The third kappa shape index (κ3) is 4.67. The quantitative estimate of drug-likeness (QED) is 0.769. The van der Waals surface area contributed by atoms with E-state index in [2.05, 4.69) is 5.32 Å². The number of carbonyl (C=O) groups excluding carboxylic acids is 1. The van der Waals surface area contributed by atoms with Crippen molar-refractivity contribution in [1.29, 1.82) is 0 Å². The van der Waals surface area contributed by atoms with E-state index < -0.39 is 12.0 Å². The van der Waals surface area contributed by atoms with Gasteiger partial charge in [-0.25, -0.2) is 0 Å². The number of hydrogen-bond acceptors (Lipinski definition) is 4. The zero-order chi connectivity index (χ0) is 19.3. The van der Waals surface area contributed by atoms with Gasteiger partial charge in [-0.15, -0.1) is 0 Å². The average molecular weight is 378 g/mol. The number of carbonyl (C=O) groups is 2. The molecule has 0 bridgehead atoms. The molecule has 0 aliphatic rings.